The molecule has 1 aromatic heterocycles. The van der Waals surface area contributed by atoms with E-state index in [1.165, 1.54) is 38.5 Å². The molecule has 1 unspecified atom stereocenters. The lowest BCUT2D eigenvalue weighted by Crippen LogP contribution is -2.60. The van der Waals surface area contributed by atoms with Crippen molar-refractivity contribution in [3.05, 3.63) is 146 Å². The number of rotatable bonds is 29. The molecule has 7 atom stereocenters. The minimum atomic E-state index is -5.27. The first-order valence-corrected chi connectivity index (χ1v) is 31.0. The number of methoxy groups -OCH3 is 2. The van der Waals surface area contributed by atoms with Gasteiger partial charge < -0.3 is 80.9 Å². The second-order valence-electron chi connectivity index (χ2n) is 22.1. The monoisotopic (exact) mass is 1300 g/mol. The SMILES string of the molecule is COc1cc2c(cc1OCc1cc(COc3cc4c(cc3OC)C(=O)N3c5ccccc5C[C@H]3C=N4)cc(OS(=O)(=O)Oc3cc(C(=O)CCCOCCOCCOCCN=[N+]=[N-])ccc3OC3O[C@H](CO)[C@H](O)[C@H](O)[C@H]3O)c1)N=C[C@@H]1Cc3c(ncn3C)CN1C2=O. The first kappa shape index (κ1) is 65.3. The number of aromatic nitrogens is 2. The number of ketones is 1. The van der Waals surface area contributed by atoms with Gasteiger partial charge in [-0.3, -0.25) is 29.3 Å². The highest BCUT2D eigenvalue weighted by atomic mass is 32.3. The van der Waals surface area contributed by atoms with E-state index in [2.05, 4.69) is 15.0 Å². The van der Waals surface area contributed by atoms with E-state index in [0.29, 0.717) is 35.3 Å². The van der Waals surface area contributed by atoms with Crippen molar-refractivity contribution in [2.45, 2.75) is 88.2 Å². The van der Waals surface area contributed by atoms with Gasteiger partial charge in [-0.15, -0.1) is 8.42 Å². The number of anilines is 1. The van der Waals surface area contributed by atoms with Crippen LogP contribution in [0.15, 0.2) is 106 Å². The number of Topliss-reactive ketones (excluding diaryl/α,β-unsaturated/α-hetero) is 1. The highest BCUT2D eigenvalue weighted by Crippen LogP contribution is 2.43. The number of carbonyl (C=O) groups excluding carboxylic acids is 3. The van der Waals surface area contributed by atoms with Gasteiger partial charge in [0, 0.05) is 85.9 Å². The number of aryl methyl sites for hydroxylation is 1. The Morgan fingerprint density at radius 3 is 2.06 bits per heavy atom. The molecule has 1 fully saturated rings. The number of azide groups is 1. The van der Waals surface area contributed by atoms with Gasteiger partial charge in [0.25, 0.3) is 11.8 Å². The average molecular weight is 1300 g/mol. The maximum Gasteiger partial charge on any atom is 0.501 e. The van der Waals surface area contributed by atoms with Crippen LogP contribution >= 0.6 is 0 Å². The van der Waals surface area contributed by atoms with Gasteiger partial charge in [0.05, 0.1) is 107 Å². The first-order chi connectivity index (χ1) is 45.0. The Labute approximate surface area is 533 Å². The third kappa shape index (κ3) is 14.8. The molecule has 0 spiro atoms. The number of benzene rings is 5. The summed E-state index contributed by atoms with van der Waals surface area (Å²) in [7, 11) is -0.539. The molecule has 490 valence electrons. The van der Waals surface area contributed by atoms with Gasteiger partial charge in [0.15, 0.2) is 40.3 Å². The van der Waals surface area contributed by atoms with Crippen molar-refractivity contribution >= 4 is 57.5 Å². The Bertz CT molecular complexity index is 3990. The molecule has 0 radical (unpaired) electrons. The third-order valence-electron chi connectivity index (χ3n) is 16.0. The maximum absolute atomic E-state index is 14.4. The molecular weight excluding hydrogens is 1230 g/mol. The van der Waals surface area contributed by atoms with E-state index in [1.807, 2.05) is 35.9 Å². The maximum atomic E-state index is 14.4. The number of carbonyl (C=O) groups is 3. The average Bonchev–Trinajstić information content (AvgIpc) is 1.66. The molecule has 0 aliphatic carbocycles. The Morgan fingerprint density at radius 2 is 1.39 bits per heavy atom. The molecule has 29 nitrogen and oxygen atoms in total. The van der Waals surface area contributed by atoms with Crippen LogP contribution in [-0.4, -0.2) is 183 Å². The van der Waals surface area contributed by atoms with E-state index in [-0.39, 0.29) is 148 Å². The molecule has 5 aliphatic rings. The van der Waals surface area contributed by atoms with Crippen LogP contribution in [0, 0.1) is 0 Å². The Hall–Kier alpha value is -9.20. The fourth-order valence-electron chi connectivity index (χ4n) is 11.3. The molecule has 5 aliphatic heterocycles. The molecule has 6 aromatic rings. The number of hydrogen-bond donors (Lipinski definition) is 4. The second-order valence-corrected chi connectivity index (χ2v) is 23.2. The smallest absolute Gasteiger partial charge is 0.493 e. The van der Waals surface area contributed by atoms with Crippen LogP contribution in [0.3, 0.4) is 0 Å². The summed E-state index contributed by atoms with van der Waals surface area (Å²) in [5.41, 5.74) is 13.7. The second kappa shape index (κ2) is 29.2. The van der Waals surface area contributed by atoms with Crippen molar-refractivity contribution in [3.8, 4) is 40.2 Å². The number of aliphatic imine (C=N–C) groups is 2. The molecule has 5 aromatic carbocycles. The van der Waals surface area contributed by atoms with Gasteiger partial charge in [0.2, 0.25) is 6.29 Å². The highest BCUT2D eigenvalue weighted by Gasteiger charge is 2.45. The lowest BCUT2D eigenvalue weighted by Gasteiger charge is -2.39. The van der Waals surface area contributed by atoms with Crippen LogP contribution in [0.1, 0.15) is 72.0 Å². The molecule has 1 saturated heterocycles. The lowest BCUT2D eigenvalue weighted by molar-refractivity contribution is -0.277. The van der Waals surface area contributed by atoms with E-state index in [9.17, 15) is 43.2 Å². The molecule has 0 saturated carbocycles. The number of aliphatic hydroxyl groups excluding tert-OH is 4. The van der Waals surface area contributed by atoms with Gasteiger partial charge >= 0.3 is 10.4 Å². The van der Waals surface area contributed by atoms with Gasteiger partial charge in [0.1, 0.15) is 43.4 Å². The number of fused-ring (bicyclic) bond motifs is 7. The quantitative estimate of drug-likeness (QED) is 0.0151. The zero-order valence-electron chi connectivity index (χ0n) is 50.7. The molecule has 0 bridgehead atoms. The summed E-state index contributed by atoms with van der Waals surface area (Å²) in [6.45, 7) is 0.586. The molecule has 30 heteroatoms. The van der Waals surface area contributed by atoms with Gasteiger partial charge in [-0.2, -0.15) is 0 Å². The van der Waals surface area contributed by atoms with E-state index in [1.54, 1.807) is 58.9 Å². The number of para-hydroxylation sites is 1. The van der Waals surface area contributed by atoms with Crippen LogP contribution in [0.25, 0.3) is 10.4 Å². The van der Waals surface area contributed by atoms with E-state index in [4.69, 9.17) is 66.5 Å². The van der Waals surface area contributed by atoms with Gasteiger partial charge in [-0.05, 0) is 83.2 Å². The predicted molar refractivity (Wildman–Crippen MR) is 330 cm³/mol. The van der Waals surface area contributed by atoms with Crippen LogP contribution < -0.4 is 37.0 Å². The summed E-state index contributed by atoms with van der Waals surface area (Å²) < 4.78 is 94.1. The van der Waals surface area contributed by atoms with E-state index >= 15 is 0 Å². The van der Waals surface area contributed by atoms with Crippen LogP contribution in [0.4, 0.5) is 17.1 Å². The zero-order valence-corrected chi connectivity index (χ0v) is 51.5. The summed E-state index contributed by atoms with van der Waals surface area (Å²) in [5.74, 6) is -1.69. The standard InChI is InChI=1S/C63H67N9O20S/c1-70-35-67-47-31-71-40(24-49(47)70)29-65-45-27-54(52(82-2)25-43(45)61(71)78)87-33-36-19-37(34-88-55-28-46-44(26-53(55)83-3)62(79)72-41(30-66-46)22-38-7-4-5-8-48(38)72)21-42(20-36)91-93(80,81)92-56-23-39(10-11-51(56)89-63-60(77)59(76)58(75)57(32-73)90-63)50(74)9-6-13-84-15-17-86-18-16-85-14-12-68-69-64/h4-5,7-8,10-11,19-21,23,25-30,35,40-41,57-60,63,73,75-77H,6,9,12-18,22,24,31-34H2,1-3H3/t40-,41-,57+,58-,59-,60+,63?/m0/s1. The molecule has 4 N–H and O–H groups in total. The van der Waals surface area contributed by atoms with Crippen LogP contribution in [-0.2, 0) is 69.0 Å². The lowest BCUT2D eigenvalue weighted by atomic mass is 9.99. The third-order valence-corrected chi connectivity index (χ3v) is 16.7. The van der Waals surface area contributed by atoms with Gasteiger partial charge in [-0.25, -0.2) is 4.98 Å². The number of amides is 2. The number of nitrogens with zero attached hydrogens (tertiary/aromatic N) is 9. The summed E-state index contributed by atoms with van der Waals surface area (Å²) in [6, 6.07) is 21.1. The topological polar surface area (TPSA) is 366 Å². The van der Waals surface area contributed by atoms with Crippen molar-refractivity contribution in [3.63, 3.8) is 0 Å². The minimum absolute atomic E-state index is 0.0419. The summed E-state index contributed by atoms with van der Waals surface area (Å²) in [5, 5.41) is 45.3. The predicted octanol–water partition coefficient (Wildman–Crippen LogP) is 5.37. The fourth-order valence-corrected chi connectivity index (χ4v) is 12.0. The number of imidazole rings is 1. The summed E-state index contributed by atoms with van der Waals surface area (Å²) >= 11 is 0. The van der Waals surface area contributed by atoms with Crippen LogP contribution in [0.2, 0.25) is 0 Å². The Kier molecular flexibility index (Phi) is 20.5. The Morgan fingerprint density at radius 1 is 0.731 bits per heavy atom. The zero-order chi connectivity index (χ0) is 65.3. The van der Waals surface area contributed by atoms with Gasteiger partial charge in [-0.1, -0.05) is 23.3 Å². The normalized spacial score (nSPS) is 20.2. The molecule has 93 heavy (non-hydrogen) atoms. The highest BCUT2D eigenvalue weighted by molar-refractivity contribution is 7.82. The van der Waals surface area contributed by atoms with Crippen molar-refractivity contribution in [2.75, 3.05) is 71.9 Å². The van der Waals surface area contributed by atoms with E-state index < -0.39 is 65.0 Å². The van der Waals surface area contributed by atoms with Crippen LogP contribution in [0.5, 0.6) is 40.2 Å². The Balaban J connectivity index is 0.852. The summed E-state index contributed by atoms with van der Waals surface area (Å²) in [6.07, 6.45) is -2.38. The fraction of sp³-hybridized carbons (Fsp3) is 0.397. The number of ether oxygens (including phenoxy) is 9. The molecule has 2 amide bonds. The number of hydrogen-bond acceptors (Lipinski definition) is 24. The van der Waals surface area contributed by atoms with Crippen molar-refractivity contribution in [2.24, 2.45) is 22.1 Å². The molecular formula is C63H67N9O20S. The van der Waals surface area contributed by atoms with Crippen molar-refractivity contribution < 1.29 is 94.2 Å². The summed E-state index contributed by atoms with van der Waals surface area (Å²) in [4.78, 5) is 62.1. The molecule has 11 rings (SSSR count). The largest absolute Gasteiger partial charge is 0.501 e. The van der Waals surface area contributed by atoms with Crippen molar-refractivity contribution in [1.29, 1.82) is 0 Å². The van der Waals surface area contributed by atoms with E-state index in [0.717, 1.165) is 28.7 Å². The minimum Gasteiger partial charge on any atom is -0.493 e. The molecule has 6 heterocycles. The first-order valence-electron chi connectivity index (χ1n) is 29.7. The number of aliphatic hydroxyl groups is 4. The van der Waals surface area contributed by atoms with Crippen molar-refractivity contribution in [1.82, 2.24) is 14.5 Å².